The van der Waals surface area contributed by atoms with E-state index in [-0.39, 0.29) is 12.5 Å². The van der Waals surface area contributed by atoms with Gasteiger partial charge in [0.25, 0.3) is 0 Å². The Hall–Kier alpha value is -2.78. The number of amides is 1. The van der Waals surface area contributed by atoms with Crippen LogP contribution in [0.1, 0.15) is 31.0 Å². The average Bonchev–Trinajstić information content (AvgIpc) is 2.70. The molecule has 2 aromatic rings. The Labute approximate surface area is 184 Å². The molecule has 0 aliphatic carbocycles. The molecule has 0 aromatic heterocycles. The molecule has 6 nitrogen and oxygen atoms in total. The molecule has 2 aromatic carbocycles. The van der Waals surface area contributed by atoms with Gasteiger partial charge in [-0.25, -0.2) is 0 Å². The van der Waals surface area contributed by atoms with Crippen molar-refractivity contribution >= 4 is 5.91 Å². The van der Waals surface area contributed by atoms with Gasteiger partial charge in [-0.2, -0.15) is 0 Å². The first-order valence-corrected chi connectivity index (χ1v) is 10.4. The van der Waals surface area contributed by atoms with Crippen LogP contribution < -0.4 is 9.47 Å². The van der Waals surface area contributed by atoms with Gasteiger partial charge in [0.2, 0.25) is 5.91 Å². The molecule has 1 amide bonds. The van der Waals surface area contributed by atoms with Crippen molar-refractivity contribution in [3.8, 4) is 11.5 Å². The quantitative estimate of drug-likeness (QED) is 0.773. The number of hydrogen-bond acceptors (Lipinski definition) is 5. The third kappa shape index (κ3) is 4.68. The van der Waals surface area contributed by atoms with Crippen molar-refractivity contribution in [3.05, 3.63) is 59.7 Å². The van der Waals surface area contributed by atoms with E-state index in [4.69, 9.17) is 4.74 Å². The molecule has 0 bridgehead atoms. The zero-order valence-electron chi connectivity index (χ0n) is 17.8. The zero-order chi connectivity index (χ0) is 23.1. The molecule has 1 N–H and O–H groups in total. The molecule has 1 fully saturated rings. The summed E-state index contributed by atoms with van der Waals surface area (Å²) in [5, 5.41) is 11.0. The number of carbonyl (C=O) groups excluding carboxylic acids is 1. The molecule has 0 radical (unpaired) electrons. The second-order valence-electron chi connectivity index (χ2n) is 8.63. The fourth-order valence-corrected chi connectivity index (χ4v) is 4.29. The fraction of sp³-hybridized carbons (Fsp3) is 0.435. The van der Waals surface area contributed by atoms with E-state index in [1.807, 2.05) is 35.2 Å². The molecule has 1 saturated heterocycles. The van der Waals surface area contributed by atoms with E-state index in [9.17, 15) is 23.1 Å². The molecule has 0 unspecified atom stereocenters. The monoisotopic (exact) mass is 450 g/mol. The summed E-state index contributed by atoms with van der Waals surface area (Å²) in [4.78, 5) is 16.6. The highest BCUT2D eigenvalue weighted by atomic mass is 19.4. The van der Waals surface area contributed by atoms with E-state index < -0.39 is 29.9 Å². The van der Waals surface area contributed by atoms with E-state index in [2.05, 4.69) is 4.74 Å². The number of benzene rings is 2. The van der Waals surface area contributed by atoms with Crippen molar-refractivity contribution in [1.82, 2.24) is 9.80 Å². The van der Waals surface area contributed by atoms with Crippen molar-refractivity contribution in [1.29, 1.82) is 0 Å². The van der Waals surface area contributed by atoms with Gasteiger partial charge in [0.05, 0.1) is 12.6 Å². The summed E-state index contributed by atoms with van der Waals surface area (Å²) in [6.07, 6.45) is -5.99. The Bertz CT molecular complexity index is 981. The van der Waals surface area contributed by atoms with Gasteiger partial charge in [-0.1, -0.05) is 30.3 Å². The minimum atomic E-state index is -4.85. The predicted octanol–water partition coefficient (Wildman–Crippen LogP) is 3.50. The van der Waals surface area contributed by atoms with Crippen molar-refractivity contribution < 1.29 is 32.5 Å². The van der Waals surface area contributed by atoms with Crippen molar-refractivity contribution in [2.45, 2.75) is 44.5 Å². The summed E-state index contributed by atoms with van der Waals surface area (Å²) in [5.41, 5.74) is 0.342. The van der Waals surface area contributed by atoms with Crippen LogP contribution in [0, 0.1) is 0 Å². The maximum Gasteiger partial charge on any atom is 0.573 e. The van der Waals surface area contributed by atoms with Crippen LogP contribution in [-0.4, -0.2) is 58.5 Å². The molecule has 2 atom stereocenters. The highest BCUT2D eigenvalue weighted by Gasteiger charge is 2.48. The Balaban J connectivity index is 1.59. The largest absolute Gasteiger partial charge is 0.573 e. The first-order valence-electron chi connectivity index (χ1n) is 10.4. The van der Waals surface area contributed by atoms with Crippen LogP contribution in [0.4, 0.5) is 13.2 Å². The van der Waals surface area contributed by atoms with Crippen molar-refractivity contribution in [2.75, 3.05) is 19.6 Å². The van der Waals surface area contributed by atoms with Crippen LogP contribution >= 0.6 is 0 Å². The lowest BCUT2D eigenvalue weighted by molar-refractivity contribution is -0.274. The summed E-state index contributed by atoms with van der Waals surface area (Å²) in [6, 6.07) is 12.7. The SMILES string of the molecule is CC1(C)Oc2ccc(OC(F)(F)F)cc2[C@@H](N2CCN(Cc3ccccc3)CC2=O)[C@@H]1O. The number of nitrogens with zero attached hydrogens (tertiary/aromatic N) is 2. The smallest absolute Gasteiger partial charge is 0.485 e. The average molecular weight is 450 g/mol. The molecule has 32 heavy (non-hydrogen) atoms. The molecular formula is C23H25F3N2O4. The lowest BCUT2D eigenvalue weighted by Gasteiger charge is -2.48. The molecule has 0 saturated carbocycles. The lowest BCUT2D eigenvalue weighted by Crippen LogP contribution is -2.59. The molecular weight excluding hydrogens is 425 g/mol. The van der Waals surface area contributed by atoms with Gasteiger partial charge in [-0.05, 0) is 37.6 Å². The molecule has 2 heterocycles. The first-order chi connectivity index (χ1) is 15.0. The zero-order valence-corrected chi connectivity index (χ0v) is 17.8. The van der Waals surface area contributed by atoms with Gasteiger partial charge in [-0.3, -0.25) is 9.69 Å². The molecule has 0 spiro atoms. The summed E-state index contributed by atoms with van der Waals surface area (Å²) in [6.45, 7) is 5.02. The maximum atomic E-state index is 13.1. The Kier molecular flexibility index (Phi) is 5.81. The topological polar surface area (TPSA) is 62.2 Å². The summed E-state index contributed by atoms with van der Waals surface area (Å²) in [7, 11) is 0. The first kappa shape index (κ1) is 22.4. The van der Waals surface area contributed by atoms with Crippen LogP contribution in [0.15, 0.2) is 48.5 Å². The normalized spacial score (nSPS) is 23.4. The van der Waals surface area contributed by atoms with E-state index in [0.29, 0.717) is 30.9 Å². The van der Waals surface area contributed by atoms with E-state index in [0.717, 1.165) is 11.6 Å². The van der Waals surface area contributed by atoms with Crippen LogP contribution in [0.25, 0.3) is 0 Å². The number of fused-ring (bicyclic) bond motifs is 1. The maximum absolute atomic E-state index is 13.1. The number of hydrogen-bond donors (Lipinski definition) is 1. The second kappa shape index (κ2) is 8.29. The number of carbonyl (C=O) groups is 1. The van der Waals surface area contributed by atoms with Gasteiger partial charge in [0.15, 0.2) is 0 Å². The van der Waals surface area contributed by atoms with Crippen LogP contribution in [-0.2, 0) is 11.3 Å². The molecule has 2 aliphatic heterocycles. The highest BCUT2D eigenvalue weighted by molar-refractivity contribution is 5.80. The highest BCUT2D eigenvalue weighted by Crippen LogP contribution is 2.45. The number of alkyl halides is 3. The molecule has 4 rings (SSSR count). The van der Waals surface area contributed by atoms with Gasteiger partial charge in [0, 0.05) is 25.2 Å². The van der Waals surface area contributed by atoms with Crippen LogP contribution in [0.5, 0.6) is 11.5 Å². The number of rotatable bonds is 4. The predicted molar refractivity (Wildman–Crippen MR) is 110 cm³/mol. The van der Waals surface area contributed by atoms with Crippen LogP contribution in [0.2, 0.25) is 0 Å². The molecule has 172 valence electrons. The van der Waals surface area contributed by atoms with E-state index in [1.165, 1.54) is 17.0 Å². The number of aliphatic hydroxyl groups excluding tert-OH is 1. The van der Waals surface area contributed by atoms with E-state index in [1.54, 1.807) is 13.8 Å². The number of halogens is 3. The standard InChI is InChI=1S/C23H25F3N2O4/c1-22(2)21(30)20(17-12-16(31-23(24,25)26)8-9-18(17)32-22)28-11-10-27(14-19(28)29)13-15-6-4-3-5-7-15/h3-9,12,20-21,30H,10-11,13-14H2,1-2H3/t20-,21+/m1/s1. The fourth-order valence-electron chi connectivity index (χ4n) is 4.29. The Morgan fingerprint density at radius 2 is 1.88 bits per heavy atom. The van der Waals surface area contributed by atoms with Gasteiger partial charge >= 0.3 is 6.36 Å². The molecule has 2 aliphatic rings. The Morgan fingerprint density at radius 1 is 1.16 bits per heavy atom. The van der Waals surface area contributed by atoms with Crippen molar-refractivity contribution in [2.24, 2.45) is 0 Å². The Morgan fingerprint density at radius 3 is 2.53 bits per heavy atom. The molecule has 9 heteroatoms. The lowest BCUT2D eigenvalue weighted by atomic mass is 9.85. The summed E-state index contributed by atoms with van der Waals surface area (Å²) >= 11 is 0. The van der Waals surface area contributed by atoms with E-state index >= 15 is 0 Å². The van der Waals surface area contributed by atoms with Gasteiger partial charge < -0.3 is 19.5 Å². The number of ether oxygens (including phenoxy) is 2. The van der Waals surface area contributed by atoms with Gasteiger partial charge in [-0.15, -0.1) is 13.2 Å². The summed E-state index contributed by atoms with van der Waals surface area (Å²) in [5.74, 6) is -0.312. The third-order valence-electron chi connectivity index (χ3n) is 5.84. The number of aliphatic hydroxyl groups is 1. The minimum Gasteiger partial charge on any atom is -0.485 e. The summed E-state index contributed by atoms with van der Waals surface area (Å²) < 4.78 is 48.1. The van der Waals surface area contributed by atoms with Gasteiger partial charge in [0.1, 0.15) is 23.2 Å². The third-order valence-corrected chi connectivity index (χ3v) is 5.84. The minimum absolute atomic E-state index is 0.146. The van der Waals surface area contributed by atoms with Crippen LogP contribution in [0.3, 0.4) is 0 Å². The number of piperazine rings is 1. The van der Waals surface area contributed by atoms with Crippen molar-refractivity contribution in [3.63, 3.8) is 0 Å². The second-order valence-corrected chi connectivity index (χ2v) is 8.63.